The molecule has 0 aliphatic carbocycles. The van der Waals surface area contributed by atoms with Crippen LogP contribution in [0.2, 0.25) is 0 Å². The van der Waals surface area contributed by atoms with Gasteiger partial charge in [0.2, 0.25) is 5.91 Å². The highest BCUT2D eigenvalue weighted by Gasteiger charge is 2.08. The summed E-state index contributed by atoms with van der Waals surface area (Å²) in [6.07, 6.45) is 4.92. The average molecular weight is 297 g/mol. The fourth-order valence-corrected chi connectivity index (χ4v) is 2.34. The summed E-state index contributed by atoms with van der Waals surface area (Å²) < 4.78 is 0. The van der Waals surface area contributed by atoms with Crippen LogP contribution in [0.5, 0.6) is 0 Å². The van der Waals surface area contributed by atoms with E-state index in [2.05, 4.69) is 28.6 Å². The van der Waals surface area contributed by atoms with E-state index in [0.717, 1.165) is 24.2 Å². The van der Waals surface area contributed by atoms with Crippen molar-refractivity contribution in [3.05, 3.63) is 59.4 Å². The molecule has 0 saturated carbocycles. The Bertz CT molecular complexity index is 611. The standard InChI is InChI=1S/C18H23N3O/c1-3-16-6-4-5-14(2)18(16)21-17(22)9-12-20-13-15-7-10-19-11-8-15/h4-8,10-11,20H,3,9,12-13H2,1-2H3,(H,21,22). The first kappa shape index (κ1) is 16.2. The molecule has 4 heteroatoms. The van der Waals surface area contributed by atoms with Crippen molar-refractivity contribution in [1.82, 2.24) is 10.3 Å². The minimum absolute atomic E-state index is 0.0474. The summed E-state index contributed by atoms with van der Waals surface area (Å²) in [6.45, 7) is 5.53. The van der Waals surface area contributed by atoms with Crippen molar-refractivity contribution in [3.8, 4) is 0 Å². The van der Waals surface area contributed by atoms with Gasteiger partial charge in [-0.2, -0.15) is 0 Å². The fourth-order valence-electron chi connectivity index (χ4n) is 2.34. The molecule has 0 aliphatic rings. The first-order chi connectivity index (χ1) is 10.7. The van der Waals surface area contributed by atoms with Gasteiger partial charge in [0, 0.05) is 37.6 Å². The predicted molar refractivity (Wildman–Crippen MR) is 89.7 cm³/mol. The second kappa shape index (κ2) is 8.29. The Labute approximate surface area is 132 Å². The van der Waals surface area contributed by atoms with Gasteiger partial charge >= 0.3 is 0 Å². The van der Waals surface area contributed by atoms with Gasteiger partial charge < -0.3 is 10.6 Å². The summed E-state index contributed by atoms with van der Waals surface area (Å²) in [5, 5.41) is 6.31. The number of hydrogen-bond acceptors (Lipinski definition) is 3. The zero-order chi connectivity index (χ0) is 15.8. The molecule has 0 aliphatic heterocycles. The Balaban J connectivity index is 1.79. The van der Waals surface area contributed by atoms with Crippen LogP contribution in [0.25, 0.3) is 0 Å². The summed E-state index contributed by atoms with van der Waals surface area (Å²) in [6, 6.07) is 10.0. The molecule has 0 unspecified atom stereocenters. The highest BCUT2D eigenvalue weighted by Crippen LogP contribution is 2.21. The van der Waals surface area contributed by atoms with Crippen molar-refractivity contribution >= 4 is 11.6 Å². The van der Waals surface area contributed by atoms with Crippen molar-refractivity contribution in [2.24, 2.45) is 0 Å². The summed E-state index contributed by atoms with van der Waals surface area (Å²) in [4.78, 5) is 16.1. The van der Waals surface area contributed by atoms with Gasteiger partial charge in [-0.3, -0.25) is 9.78 Å². The minimum atomic E-state index is 0.0474. The van der Waals surface area contributed by atoms with E-state index in [1.807, 2.05) is 31.2 Å². The van der Waals surface area contributed by atoms with Crippen molar-refractivity contribution in [2.45, 2.75) is 33.2 Å². The first-order valence-corrected chi connectivity index (χ1v) is 7.68. The number of aryl methyl sites for hydroxylation is 2. The molecule has 0 fully saturated rings. The Hall–Kier alpha value is -2.20. The highest BCUT2D eigenvalue weighted by atomic mass is 16.1. The van der Waals surface area contributed by atoms with Gasteiger partial charge in [0.15, 0.2) is 0 Å². The molecule has 2 aromatic rings. The number of carbonyl (C=O) groups is 1. The van der Waals surface area contributed by atoms with Crippen molar-refractivity contribution < 1.29 is 4.79 Å². The molecule has 0 saturated heterocycles. The maximum Gasteiger partial charge on any atom is 0.225 e. The Morgan fingerprint density at radius 1 is 1.18 bits per heavy atom. The van der Waals surface area contributed by atoms with Gasteiger partial charge in [0.1, 0.15) is 0 Å². The topological polar surface area (TPSA) is 54.0 Å². The maximum atomic E-state index is 12.1. The predicted octanol–water partition coefficient (Wildman–Crippen LogP) is 3.07. The monoisotopic (exact) mass is 297 g/mol. The van der Waals surface area contributed by atoms with Gasteiger partial charge in [0.25, 0.3) is 0 Å². The Morgan fingerprint density at radius 2 is 1.95 bits per heavy atom. The molecular formula is C18H23N3O. The van der Waals surface area contributed by atoms with Crippen LogP contribution in [0.15, 0.2) is 42.7 Å². The van der Waals surface area contributed by atoms with E-state index in [-0.39, 0.29) is 5.91 Å². The molecule has 1 amide bonds. The molecular weight excluding hydrogens is 274 g/mol. The third-order valence-corrected chi connectivity index (χ3v) is 3.61. The van der Waals surface area contributed by atoms with Crippen molar-refractivity contribution in [2.75, 3.05) is 11.9 Å². The lowest BCUT2D eigenvalue weighted by Crippen LogP contribution is -2.22. The van der Waals surface area contributed by atoms with Gasteiger partial charge in [0.05, 0.1) is 0 Å². The Morgan fingerprint density at radius 3 is 2.68 bits per heavy atom. The van der Waals surface area contributed by atoms with E-state index >= 15 is 0 Å². The van der Waals surface area contributed by atoms with Crippen LogP contribution in [-0.4, -0.2) is 17.4 Å². The van der Waals surface area contributed by atoms with Crippen LogP contribution in [0.3, 0.4) is 0 Å². The normalized spacial score (nSPS) is 10.5. The summed E-state index contributed by atoms with van der Waals surface area (Å²) in [7, 11) is 0. The van der Waals surface area contributed by atoms with Crippen LogP contribution in [0.1, 0.15) is 30.0 Å². The second-order valence-corrected chi connectivity index (χ2v) is 5.29. The zero-order valence-corrected chi connectivity index (χ0v) is 13.2. The van der Waals surface area contributed by atoms with Crippen molar-refractivity contribution in [3.63, 3.8) is 0 Å². The number of nitrogens with zero attached hydrogens (tertiary/aromatic N) is 1. The molecule has 1 aromatic carbocycles. The van der Waals surface area contributed by atoms with Crippen LogP contribution >= 0.6 is 0 Å². The van der Waals surface area contributed by atoms with Gasteiger partial charge in [-0.25, -0.2) is 0 Å². The molecule has 1 aromatic heterocycles. The SMILES string of the molecule is CCc1cccc(C)c1NC(=O)CCNCc1ccncc1. The lowest BCUT2D eigenvalue weighted by molar-refractivity contribution is -0.116. The van der Waals surface area contributed by atoms with Gasteiger partial charge in [-0.05, 0) is 42.2 Å². The van der Waals surface area contributed by atoms with E-state index in [0.29, 0.717) is 13.0 Å². The van der Waals surface area contributed by atoms with E-state index < -0.39 is 0 Å². The summed E-state index contributed by atoms with van der Waals surface area (Å²) in [5.41, 5.74) is 4.42. The first-order valence-electron chi connectivity index (χ1n) is 7.68. The van der Waals surface area contributed by atoms with Gasteiger partial charge in [-0.15, -0.1) is 0 Å². The van der Waals surface area contributed by atoms with Crippen LogP contribution < -0.4 is 10.6 Å². The molecule has 0 bridgehead atoms. The van der Waals surface area contributed by atoms with Crippen molar-refractivity contribution in [1.29, 1.82) is 0 Å². The molecule has 0 radical (unpaired) electrons. The number of rotatable bonds is 7. The largest absolute Gasteiger partial charge is 0.326 e. The molecule has 22 heavy (non-hydrogen) atoms. The number of hydrogen-bond donors (Lipinski definition) is 2. The van der Waals surface area contributed by atoms with E-state index in [9.17, 15) is 4.79 Å². The number of nitrogens with one attached hydrogen (secondary N) is 2. The quantitative estimate of drug-likeness (QED) is 0.772. The number of benzene rings is 1. The second-order valence-electron chi connectivity index (χ2n) is 5.29. The molecule has 2 N–H and O–H groups in total. The third kappa shape index (κ3) is 4.67. The summed E-state index contributed by atoms with van der Waals surface area (Å²) in [5.74, 6) is 0.0474. The number of aromatic nitrogens is 1. The number of amides is 1. The third-order valence-electron chi connectivity index (χ3n) is 3.61. The molecule has 0 atom stereocenters. The number of pyridine rings is 1. The minimum Gasteiger partial charge on any atom is -0.326 e. The molecule has 4 nitrogen and oxygen atoms in total. The molecule has 116 valence electrons. The zero-order valence-electron chi connectivity index (χ0n) is 13.2. The van der Waals surface area contributed by atoms with E-state index in [4.69, 9.17) is 0 Å². The maximum absolute atomic E-state index is 12.1. The molecule has 1 heterocycles. The number of carbonyl (C=O) groups excluding carboxylic acids is 1. The van der Waals surface area contributed by atoms with Crippen LogP contribution in [0, 0.1) is 6.92 Å². The lowest BCUT2D eigenvalue weighted by atomic mass is 10.1. The average Bonchev–Trinajstić information content (AvgIpc) is 2.54. The van der Waals surface area contributed by atoms with Gasteiger partial charge in [-0.1, -0.05) is 25.1 Å². The number of para-hydroxylation sites is 1. The smallest absolute Gasteiger partial charge is 0.225 e. The molecule has 2 rings (SSSR count). The molecule has 0 spiro atoms. The lowest BCUT2D eigenvalue weighted by Gasteiger charge is -2.13. The van der Waals surface area contributed by atoms with Crippen LogP contribution in [-0.2, 0) is 17.8 Å². The Kier molecular flexibility index (Phi) is 6.10. The fraction of sp³-hybridized carbons (Fsp3) is 0.333. The van der Waals surface area contributed by atoms with E-state index in [1.165, 1.54) is 11.1 Å². The van der Waals surface area contributed by atoms with E-state index in [1.54, 1.807) is 12.4 Å². The highest BCUT2D eigenvalue weighted by molar-refractivity contribution is 5.92. The summed E-state index contributed by atoms with van der Waals surface area (Å²) >= 11 is 0. The van der Waals surface area contributed by atoms with Crippen LogP contribution in [0.4, 0.5) is 5.69 Å². The number of anilines is 1.